The summed E-state index contributed by atoms with van der Waals surface area (Å²) >= 11 is 0. The van der Waals surface area contributed by atoms with Gasteiger partial charge in [0, 0.05) is 0 Å². The average Bonchev–Trinajstić information content (AvgIpc) is 0. The quantitative estimate of drug-likeness (QED) is 0.282. The Morgan fingerprint density at radius 3 is 0.0299 bits per heavy atom. The van der Waals surface area contributed by atoms with E-state index in [-0.39, 0.29) is 1240 Å². The zero-order chi connectivity index (χ0) is 0. The molecule has 0 unspecified atom stereocenters. The van der Waals surface area contributed by atoms with E-state index in [2.05, 4.69) is 0 Å². The summed E-state index contributed by atoms with van der Waals surface area (Å²) in [6.45, 7) is 0. The zero-order valence-electron chi connectivity index (χ0n) is 45.9. The van der Waals surface area contributed by atoms with E-state index in [9.17, 15) is 0 Å². The van der Waals surface area contributed by atoms with Gasteiger partial charge in [0.2, 0.25) is 0 Å². The van der Waals surface area contributed by atoms with Gasteiger partial charge in [0.15, 0.2) is 0 Å². The van der Waals surface area contributed by atoms with Crippen LogP contribution in [0.1, 0.15) is 0 Å². The maximum atomic E-state index is 0. The zero-order valence-corrected chi connectivity index (χ0v) is 230. The molecule has 0 bridgehead atoms. The van der Waals surface area contributed by atoms with Crippen LogP contribution in [0.25, 0.3) is 0 Å². The fourth-order valence-corrected chi connectivity index (χ4v) is 0. The molecule has 0 saturated heterocycles. The third-order valence-corrected chi connectivity index (χ3v) is 0. The Balaban J connectivity index is 0. The molecule has 0 rings (SSSR count). The SMILES string of the molecule is [O-2].[O-2].[O-2].[O-2].[O-2].[Zn+2].[Zn+2].[Zn+2].[Zn+2].[Zn+2].[Zn+2].[Zn+2].[Zn+2].[Zn+2].[Zn+2].[Zn+2].[Zn+2].[Zn+2].[Zn+2].[Zn+2].[Zn+2].[Zn+2].[Zn+2].[Zn+2].[Zn+2].[Zn+2].[Zn+2].[Zn+2].[Zn+2].[Zn+2].[Zn+2].[Zn+2].[Zn+2].[Zn+2].[Zn+2].[Zn+2].[Zn+2].[Zn+2].[Zn+2].[Zn+2].[Zn+2].[Zn+2].[Zn+2].[Zn+2].[Zn+2].[Zn+2].[Zn+2].[Zn+2].[Zn+2].[Zn+2].[Zn+2].[Zn+2].[Zn+2].[Zn+2].[Zn+2].[Zn+2].[Zn+2].[Zn+2].[Zn+2].[Zn+2].[Zn+2].[Zn+2].[Zn+2].[Zn+2].[Zn+2].[Zn+2].[Zn+2]. The standard InChI is InChI=1S/5O.62Zn/q5*-2;62*+2. The van der Waals surface area contributed by atoms with Crippen molar-refractivity contribution in [2.75, 3.05) is 0 Å². The van der Waals surface area contributed by atoms with Gasteiger partial charge in [0.1, 0.15) is 0 Å². The summed E-state index contributed by atoms with van der Waals surface area (Å²) in [6.07, 6.45) is 0. The first kappa shape index (κ1) is 778. The molecular formula is O5Zn62+114. The largest absolute Gasteiger partial charge is 2.00 e. The second kappa shape index (κ2) is 756. The van der Waals surface area contributed by atoms with Gasteiger partial charge in [-0.1, -0.05) is 0 Å². The van der Waals surface area contributed by atoms with Gasteiger partial charge < -0.3 is 27.4 Å². The predicted octanol–water partition coefficient (Wildman–Crippen LogP) is -0.749. The Hall–Kier alpha value is 38.4. The van der Waals surface area contributed by atoms with Crippen LogP contribution in [0.3, 0.4) is 0 Å². The molecule has 0 aliphatic carbocycles. The molecule has 0 aromatic rings. The van der Waals surface area contributed by atoms with Gasteiger partial charge in [-0.25, -0.2) is 0 Å². The van der Waals surface area contributed by atoms with Crippen LogP contribution in [0.4, 0.5) is 0 Å². The first-order valence-electron chi connectivity index (χ1n) is 0. The average molecular weight is 4130 g/mol. The monoisotopic (exact) mass is 4040 g/mol. The fraction of sp³-hybridized carbons (Fsp3) is 0. The maximum Gasteiger partial charge on any atom is 2.00 e. The van der Waals surface area contributed by atoms with Crippen molar-refractivity contribution in [1.82, 2.24) is 0 Å². The molecule has 0 heterocycles. The molecule has 0 atom stereocenters. The normalized spacial score (nSPS) is 0. The summed E-state index contributed by atoms with van der Waals surface area (Å²) in [5.74, 6) is 0. The van der Waals surface area contributed by atoms with Crippen molar-refractivity contribution >= 4 is 0 Å². The first-order chi connectivity index (χ1) is 0. The summed E-state index contributed by atoms with van der Waals surface area (Å²) in [7, 11) is 0. The van der Waals surface area contributed by atoms with Crippen LogP contribution < -0.4 is 0 Å². The minimum absolute atomic E-state index is 0. The van der Waals surface area contributed by atoms with Crippen molar-refractivity contribution in [3.05, 3.63) is 0 Å². The molecule has 0 amide bonds. The fourth-order valence-electron chi connectivity index (χ4n) is 0. The van der Waals surface area contributed by atoms with Crippen molar-refractivity contribution in [1.29, 1.82) is 0 Å². The number of hydrogen-bond acceptors (Lipinski definition) is 0. The van der Waals surface area contributed by atoms with Crippen LogP contribution in [0.15, 0.2) is 0 Å². The second-order valence-electron chi connectivity index (χ2n) is 0. The first-order valence-corrected chi connectivity index (χ1v) is 0. The Morgan fingerprint density at radius 2 is 0.0299 bits per heavy atom. The van der Waals surface area contributed by atoms with Crippen molar-refractivity contribution < 1.29 is 1240 Å². The maximum absolute atomic E-state index is 0. The van der Waals surface area contributed by atoms with E-state index in [0.29, 0.717) is 0 Å². The number of hydrogen-bond donors (Lipinski definition) is 0. The third kappa shape index (κ3) is 742. The van der Waals surface area contributed by atoms with Gasteiger partial charge in [0.25, 0.3) is 0 Å². The molecule has 0 aliphatic rings. The molecular weight excluding hydrogens is 4130 g/mol. The second-order valence-corrected chi connectivity index (χ2v) is 0. The molecule has 40 valence electrons. The molecule has 0 aromatic heterocycles. The third-order valence-electron chi connectivity index (χ3n) is 0. The smallest absolute Gasteiger partial charge is 2.00 e. The topological polar surface area (TPSA) is 142 Å². The molecule has 0 spiro atoms. The molecule has 0 aromatic carbocycles. The van der Waals surface area contributed by atoms with Gasteiger partial charge in [0.05, 0.1) is 0 Å². The van der Waals surface area contributed by atoms with Gasteiger partial charge in [-0.05, 0) is 0 Å². The van der Waals surface area contributed by atoms with E-state index in [1.54, 1.807) is 0 Å². The predicted molar refractivity (Wildman–Crippen MR) is 3.43 cm³/mol. The molecule has 5 nitrogen and oxygen atoms in total. The van der Waals surface area contributed by atoms with E-state index in [0.717, 1.165) is 0 Å². The minimum atomic E-state index is 0. The van der Waals surface area contributed by atoms with E-state index in [4.69, 9.17) is 0 Å². The molecule has 0 saturated carbocycles. The van der Waals surface area contributed by atoms with Crippen molar-refractivity contribution in [3.8, 4) is 0 Å². The molecule has 67 heavy (non-hydrogen) atoms. The Kier molecular flexibility index (Phi) is 8780. The van der Waals surface area contributed by atoms with Crippen molar-refractivity contribution in [2.45, 2.75) is 0 Å². The van der Waals surface area contributed by atoms with Crippen LogP contribution in [-0.2, 0) is 1240 Å². The van der Waals surface area contributed by atoms with Crippen LogP contribution in [0, 0.1) is 0 Å². The molecule has 0 N–H and O–H groups in total. The Morgan fingerprint density at radius 1 is 0.0299 bits per heavy atom. The van der Waals surface area contributed by atoms with Gasteiger partial charge in [-0.2, -0.15) is 0 Å². The van der Waals surface area contributed by atoms with Gasteiger partial charge >= 0.3 is 1210 Å². The molecule has 0 aliphatic heterocycles. The van der Waals surface area contributed by atoms with Crippen molar-refractivity contribution in [2.24, 2.45) is 0 Å². The van der Waals surface area contributed by atoms with Crippen LogP contribution >= 0.6 is 0 Å². The minimum Gasteiger partial charge on any atom is -2.00 e. The summed E-state index contributed by atoms with van der Waals surface area (Å²) in [4.78, 5) is 0. The van der Waals surface area contributed by atoms with Gasteiger partial charge in [-0.15, -0.1) is 0 Å². The summed E-state index contributed by atoms with van der Waals surface area (Å²) in [5.41, 5.74) is 0. The van der Waals surface area contributed by atoms with Crippen molar-refractivity contribution in [3.63, 3.8) is 0 Å². The Labute approximate surface area is 1200 Å². The van der Waals surface area contributed by atoms with E-state index >= 15 is 0 Å². The van der Waals surface area contributed by atoms with E-state index in [1.165, 1.54) is 0 Å². The van der Waals surface area contributed by atoms with E-state index < -0.39 is 0 Å². The number of rotatable bonds is 0. The molecule has 0 fully saturated rings. The summed E-state index contributed by atoms with van der Waals surface area (Å²) in [5, 5.41) is 0. The Bertz CT molecular complexity index is 25.7. The van der Waals surface area contributed by atoms with Gasteiger partial charge in [-0.3, -0.25) is 0 Å². The van der Waals surface area contributed by atoms with E-state index in [1.807, 2.05) is 0 Å². The van der Waals surface area contributed by atoms with Crippen LogP contribution in [-0.4, -0.2) is 0 Å². The van der Waals surface area contributed by atoms with Crippen LogP contribution in [0.5, 0.6) is 0 Å². The summed E-state index contributed by atoms with van der Waals surface area (Å²) in [6, 6.07) is 0. The summed E-state index contributed by atoms with van der Waals surface area (Å²) < 4.78 is 0. The molecule has 0 radical (unpaired) electrons. The molecule has 67 heteroatoms. The van der Waals surface area contributed by atoms with Crippen LogP contribution in [0.2, 0.25) is 0 Å².